The molecule has 0 spiro atoms. The molecule has 9 heteroatoms. The van der Waals surface area contributed by atoms with Gasteiger partial charge in [0, 0.05) is 15.9 Å². The Morgan fingerprint density at radius 2 is 1.72 bits per heavy atom. The van der Waals surface area contributed by atoms with Crippen LogP contribution in [0.3, 0.4) is 0 Å². The highest BCUT2D eigenvalue weighted by atomic mass is 32.2. The Hall–Kier alpha value is -3.82. The van der Waals surface area contributed by atoms with Crippen molar-refractivity contribution in [1.29, 1.82) is 0 Å². The summed E-state index contributed by atoms with van der Waals surface area (Å²) in [4.78, 5) is 42.6. The lowest BCUT2D eigenvalue weighted by atomic mass is 9.96. The van der Waals surface area contributed by atoms with Gasteiger partial charge in [-0.3, -0.25) is 14.4 Å². The minimum Gasteiger partial charge on any atom is -0.507 e. The Kier molecular flexibility index (Phi) is 8.85. The number of rotatable bonds is 8. The number of hydrogen-bond donors (Lipinski definition) is 4. The molecule has 0 saturated carbocycles. The summed E-state index contributed by atoms with van der Waals surface area (Å²) in [5.74, 6) is -1.12. The first kappa shape index (κ1) is 30.6. The van der Waals surface area contributed by atoms with Crippen molar-refractivity contribution in [2.24, 2.45) is 0 Å². The van der Waals surface area contributed by atoms with Crippen LogP contribution in [0.1, 0.15) is 64.5 Å². The fraction of sp³-hybridized carbons (Fsp3) is 0.382. The summed E-state index contributed by atoms with van der Waals surface area (Å²) in [6, 6.07) is 18.7. The van der Waals surface area contributed by atoms with Gasteiger partial charge in [-0.25, -0.2) is 0 Å². The SMILES string of the molecule is Cc1ccc(C(=O)NC(Cc2ccccc2)C(O)C(=O)N2CSC(C)(C)C2C(=O)NC2CCc3ccccc32)c(C)c1O. The zero-order chi connectivity index (χ0) is 30.9. The number of benzene rings is 3. The Bertz CT molecular complexity index is 1530. The molecule has 5 rings (SSSR count). The summed E-state index contributed by atoms with van der Waals surface area (Å²) in [6.07, 6.45) is 0.252. The monoisotopic (exact) mass is 601 g/mol. The van der Waals surface area contributed by atoms with Crippen LogP contribution in [-0.4, -0.2) is 61.6 Å². The third kappa shape index (κ3) is 6.28. The van der Waals surface area contributed by atoms with Crippen molar-refractivity contribution in [2.75, 3.05) is 5.88 Å². The Morgan fingerprint density at radius 3 is 2.47 bits per heavy atom. The van der Waals surface area contributed by atoms with Gasteiger partial charge >= 0.3 is 0 Å². The van der Waals surface area contributed by atoms with Crippen LogP contribution in [0, 0.1) is 13.8 Å². The maximum atomic E-state index is 14.0. The molecule has 1 fully saturated rings. The van der Waals surface area contributed by atoms with E-state index in [0.717, 1.165) is 24.0 Å². The summed E-state index contributed by atoms with van der Waals surface area (Å²) < 4.78 is -0.591. The van der Waals surface area contributed by atoms with Crippen molar-refractivity contribution >= 4 is 29.5 Å². The fourth-order valence-electron chi connectivity index (χ4n) is 6.15. The third-order valence-corrected chi connectivity index (χ3v) is 10.0. The van der Waals surface area contributed by atoms with Crippen molar-refractivity contribution in [2.45, 2.75) is 75.9 Å². The molecule has 0 bridgehead atoms. The van der Waals surface area contributed by atoms with Crippen LogP contribution >= 0.6 is 11.8 Å². The molecule has 2 aliphatic rings. The number of aliphatic hydroxyl groups is 1. The molecule has 3 aromatic carbocycles. The van der Waals surface area contributed by atoms with Crippen LogP contribution in [0.4, 0.5) is 0 Å². The predicted molar refractivity (Wildman–Crippen MR) is 168 cm³/mol. The van der Waals surface area contributed by atoms with Gasteiger partial charge in [-0.2, -0.15) is 0 Å². The maximum Gasteiger partial charge on any atom is 0.254 e. The van der Waals surface area contributed by atoms with Crippen molar-refractivity contribution in [3.63, 3.8) is 0 Å². The van der Waals surface area contributed by atoms with Crippen molar-refractivity contribution in [3.05, 3.63) is 100 Å². The number of phenols is 1. The molecule has 4 unspecified atom stereocenters. The second kappa shape index (κ2) is 12.4. The quantitative estimate of drug-likeness (QED) is 0.308. The number of phenolic OH excluding ortho intramolecular Hbond substituents is 1. The first-order valence-electron chi connectivity index (χ1n) is 14.6. The van der Waals surface area contributed by atoms with Gasteiger partial charge in [0.1, 0.15) is 11.8 Å². The maximum absolute atomic E-state index is 14.0. The lowest BCUT2D eigenvalue weighted by Gasteiger charge is -2.34. The first-order chi connectivity index (χ1) is 20.5. The topological polar surface area (TPSA) is 119 Å². The third-order valence-electron chi connectivity index (χ3n) is 8.65. The molecule has 1 saturated heterocycles. The molecule has 8 nitrogen and oxygen atoms in total. The number of carbonyl (C=O) groups is 3. The highest BCUT2D eigenvalue weighted by Gasteiger charge is 2.50. The molecular weight excluding hydrogens is 562 g/mol. The molecule has 226 valence electrons. The van der Waals surface area contributed by atoms with E-state index in [1.807, 2.05) is 62.4 Å². The van der Waals surface area contributed by atoms with Gasteiger partial charge in [0.25, 0.3) is 11.8 Å². The number of aliphatic hydroxyl groups excluding tert-OH is 1. The fourth-order valence-corrected chi connectivity index (χ4v) is 7.29. The lowest BCUT2D eigenvalue weighted by molar-refractivity contribution is -0.147. The molecule has 4 N–H and O–H groups in total. The van der Waals surface area contributed by atoms with Gasteiger partial charge in [0.2, 0.25) is 5.91 Å². The van der Waals surface area contributed by atoms with Crippen LogP contribution in [0.15, 0.2) is 66.7 Å². The molecule has 43 heavy (non-hydrogen) atoms. The molecule has 4 atom stereocenters. The average molecular weight is 602 g/mol. The molecular formula is C34H39N3O5S. The molecule has 3 amide bonds. The van der Waals surface area contributed by atoms with Gasteiger partial charge in [0.15, 0.2) is 6.10 Å². The Labute approximate surface area is 256 Å². The zero-order valence-corrected chi connectivity index (χ0v) is 25.8. The van der Waals surface area contributed by atoms with Crippen LogP contribution in [0.2, 0.25) is 0 Å². The van der Waals surface area contributed by atoms with Crippen LogP contribution in [0.5, 0.6) is 5.75 Å². The lowest BCUT2D eigenvalue weighted by Crippen LogP contribution is -2.59. The molecule has 0 aromatic heterocycles. The van der Waals surface area contributed by atoms with E-state index in [0.29, 0.717) is 11.1 Å². The van der Waals surface area contributed by atoms with E-state index in [9.17, 15) is 24.6 Å². The number of thioether (sulfide) groups is 1. The number of nitrogens with zero attached hydrogens (tertiary/aromatic N) is 1. The summed E-state index contributed by atoms with van der Waals surface area (Å²) in [5.41, 5.74) is 4.46. The summed E-state index contributed by atoms with van der Waals surface area (Å²) in [5, 5.41) is 28.0. The number of fused-ring (bicyclic) bond motifs is 1. The first-order valence-corrected chi connectivity index (χ1v) is 15.6. The standard InChI is InChI=1S/C34H39N3O5S/c1-20-14-16-24(21(2)28(20)38)31(40)36-27(18-22-10-6-5-7-11-22)29(39)33(42)37-19-43-34(3,4)30(37)32(41)35-26-17-15-23-12-8-9-13-25(23)26/h5-14,16,26-27,29-30,38-39H,15,17-19H2,1-4H3,(H,35,41)(H,36,40). The molecule has 1 aliphatic carbocycles. The highest BCUT2D eigenvalue weighted by Crippen LogP contribution is 2.41. The van der Waals surface area contributed by atoms with E-state index < -0.39 is 34.7 Å². The second-order valence-electron chi connectivity index (χ2n) is 12.0. The normalized spacial score (nSPS) is 20.3. The van der Waals surface area contributed by atoms with E-state index in [1.54, 1.807) is 26.0 Å². The van der Waals surface area contributed by atoms with E-state index >= 15 is 0 Å². The smallest absolute Gasteiger partial charge is 0.254 e. The Balaban J connectivity index is 1.38. The minimum absolute atomic E-state index is 0.0268. The largest absolute Gasteiger partial charge is 0.507 e. The summed E-state index contributed by atoms with van der Waals surface area (Å²) in [7, 11) is 0. The second-order valence-corrected chi connectivity index (χ2v) is 13.6. The molecule has 0 radical (unpaired) electrons. The number of amides is 3. The van der Waals surface area contributed by atoms with Crippen LogP contribution < -0.4 is 10.6 Å². The van der Waals surface area contributed by atoms with Gasteiger partial charge < -0.3 is 25.7 Å². The average Bonchev–Trinajstić information content (AvgIpc) is 3.54. The number of hydrogen-bond acceptors (Lipinski definition) is 6. The van der Waals surface area contributed by atoms with Crippen molar-refractivity contribution < 1.29 is 24.6 Å². The number of aromatic hydroxyl groups is 1. The van der Waals surface area contributed by atoms with Crippen LogP contribution in [0.25, 0.3) is 0 Å². The van der Waals surface area contributed by atoms with Gasteiger partial charge in [-0.15, -0.1) is 11.8 Å². The zero-order valence-electron chi connectivity index (χ0n) is 25.0. The number of aryl methyl sites for hydroxylation is 2. The summed E-state index contributed by atoms with van der Waals surface area (Å²) in [6.45, 7) is 7.26. The highest BCUT2D eigenvalue weighted by molar-refractivity contribution is 8.00. The molecule has 1 aliphatic heterocycles. The number of carbonyl (C=O) groups excluding carboxylic acids is 3. The van der Waals surface area contributed by atoms with E-state index in [1.165, 1.54) is 22.2 Å². The Morgan fingerprint density at radius 1 is 1.02 bits per heavy atom. The summed E-state index contributed by atoms with van der Waals surface area (Å²) >= 11 is 1.48. The van der Waals surface area contributed by atoms with E-state index in [-0.39, 0.29) is 35.6 Å². The van der Waals surface area contributed by atoms with Gasteiger partial charge in [0.05, 0.1) is 18.0 Å². The van der Waals surface area contributed by atoms with Crippen molar-refractivity contribution in [1.82, 2.24) is 15.5 Å². The molecule has 3 aromatic rings. The van der Waals surface area contributed by atoms with Crippen molar-refractivity contribution in [3.8, 4) is 5.75 Å². The van der Waals surface area contributed by atoms with Gasteiger partial charge in [-0.05, 0) is 75.3 Å². The van der Waals surface area contributed by atoms with Gasteiger partial charge in [-0.1, -0.05) is 60.7 Å². The minimum atomic E-state index is -1.61. The van der Waals surface area contributed by atoms with Crippen LogP contribution in [-0.2, 0) is 22.4 Å². The van der Waals surface area contributed by atoms with E-state index in [4.69, 9.17) is 0 Å². The number of nitrogens with one attached hydrogen (secondary N) is 2. The predicted octanol–water partition coefficient (Wildman–Crippen LogP) is 4.19. The molecule has 1 heterocycles. The van der Waals surface area contributed by atoms with E-state index in [2.05, 4.69) is 16.7 Å².